The van der Waals surface area contributed by atoms with Crippen molar-refractivity contribution in [1.82, 2.24) is 10.3 Å². The summed E-state index contributed by atoms with van der Waals surface area (Å²) in [4.78, 5) is 29.3. The van der Waals surface area contributed by atoms with Gasteiger partial charge in [0.15, 0.2) is 0 Å². The molecule has 0 bridgehead atoms. The lowest BCUT2D eigenvalue weighted by Gasteiger charge is -2.16. The van der Waals surface area contributed by atoms with Crippen LogP contribution in [-0.2, 0) is 11.3 Å². The zero-order valence-corrected chi connectivity index (χ0v) is 15.5. The van der Waals surface area contributed by atoms with E-state index in [1.54, 1.807) is 31.6 Å². The van der Waals surface area contributed by atoms with Gasteiger partial charge in [0.1, 0.15) is 6.61 Å². The molecule has 0 spiro atoms. The molecule has 6 heteroatoms. The summed E-state index contributed by atoms with van der Waals surface area (Å²) in [6.07, 6.45) is 3.41. The highest BCUT2D eigenvalue weighted by molar-refractivity contribution is 5.95. The Labute approximate surface area is 163 Å². The van der Waals surface area contributed by atoms with Crippen molar-refractivity contribution in [2.24, 2.45) is 0 Å². The normalized spacial score (nSPS) is 10.4. The number of amides is 2. The van der Waals surface area contributed by atoms with Crippen LogP contribution in [-0.4, -0.2) is 35.6 Å². The Bertz CT molecular complexity index is 939. The van der Waals surface area contributed by atoms with Crippen molar-refractivity contribution < 1.29 is 14.7 Å². The van der Waals surface area contributed by atoms with E-state index in [9.17, 15) is 9.59 Å². The van der Waals surface area contributed by atoms with Crippen LogP contribution in [0.4, 0.5) is 5.69 Å². The lowest BCUT2D eigenvalue weighted by molar-refractivity contribution is -0.120. The predicted molar refractivity (Wildman–Crippen MR) is 108 cm³/mol. The van der Waals surface area contributed by atoms with Gasteiger partial charge in [-0.2, -0.15) is 0 Å². The number of pyridine rings is 1. The summed E-state index contributed by atoms with van der Waals surface area (Å²) in [5, 5.41) is 11.8. The van der Waals surface area contributed by atoms with Gasteiger partial charge in [-0.1, -0.05) is 30.3 Å². The Morgan fingerprint density at radius 1 is 1.00 bits per heavy atom. The zero-order valence-electron chi connectivity index (χ0n) is 15.5. The lowest BCUT2D eigenvalue weighted by Crippen LogP contribution is -2.28. The molecule has 6 nitrogen and oxygen atoms in total. The number of aromatic nitrogens is 1. The SMILES string of the molecule is CN(C(=O)CO)c1ccc(-c2ccc(C(=O)NCc3cccnc3)cc2)cc1. The quantitative estimate of drug-likeness (QED) is 0.694. The third-order valence-electron chi connectivity index (χ3n) is 4.42. The lowest BCUT2D eigenvalue weighted by atomic mass is 10.0. The Morgan fingerprint density at radius 2 is 1.64 bits per heavy atom. The maximum Gasteiger partial charge on any atom is 0.252 e. The first-order valence-electron chi connectivity index (χ1n) is 8.83. The molecule has 2 aromatic carbocycles. The molecule has 2 amide bonds. The maximum absolute atomic E-state index is 12.3. The van der Waals surface area contributed by atoms with Gasteiger partial charge in [0, 0.05) is 37.2 Å². The molecule has 28 heavy (non-hydrogen) atoms. The average molecular weight is 375 g/mol. The summed E-state index contributed by atoms with van der Waals surface area (Å²) >= 11 is 0. The fraction of sp³-hybridized carbons (Fsp3) is 0.136. The third-order valence-corrected chi connectivity index (χ3v) is 4.42. The van der Waals surface area contributed by atoms with Crippen LogP contribution in [0.25, 0.3) is 11.1 Å². The van der Waals surface area contributed by atoms with E-state index >= 15 is 0 Å². The summed E-state index contributed by atoms with van der Waals surface area (Å²) in [5.41, 5.74) is 4.16. The number of likely N-dealkylation sites (N-methyl/N-ethyl adjacent to an activating group) is 1. The molecule has 0 aliphatic carbocycles. The topological polar surface area (TPSA) is 82.5 Å². The van der Waals surface area contributed by atoms with E-state index in [2.05, 4.69) is 10.3 Å². The van der Waals surface area contributed by atoms with Gasteiger partial charge in [-0.15, -0.1) is 0 Å². The molecule has 2 N–H and O–H groups in total. The number of aliphatic hydroxyl groups is 1. The van der Waals surface area contributed by atoms with Crippen LogP contribution in [0.3, 0.4) is 0 Å². The highest BCUT2D eigenvalue weighted by atomic mass is 16.3. The van der Waals surface area contributed by atoms with Crippen LogP contribution in [0, 0.1) is 0 Å². The highest BCUT2D eigenvalue weighted by Crippen LogP contribution is 2.23. The van der Waals surface area contributed by atoms with E-state index in [0.717, 1.165) is 16.7 Å². The largest absolute Gasteiger partial charge is 0.387 e. The van der Waals surface area contributed by atoms with Gasteiger partial charge in [0.2, 0.25) is 0 Å². The number of nitrogens with zero attached hydrogens (tertiary/aromatic N) is 2. The zero-order chi connectivity index (χ0) is 19.9. The second-order valence-electron chi connectivity index (χ2n) is 6.28. The number of carbonyl (C=O) groups excluding carboxylic acids is 2. The molecule has 0 fully saturated rings. The van der Waals surface area contributed by atoms with Crippen molar-refractivity contribution in [3.05, 3.63) is 84.2 Å². The number of nitrogens with one attached hydrogen (secondary N) is 1. The standard InChI is InChI=1S/C22H21N3O3/c1-25(21(27)15-26)20-10-8-18(9-11-20)17-4-6-19(7-5-17)22(28)24-14-16-3-2-12-23-13-16/h2-13,26H,14-15H2,1H3,(H,24,28). The van der Waals surface area contributed by atoms with Crippen LogP contribution in [0.15, 0.2) is 73.1 Å². The van der Waals surface area contributed by atoms with Crippen molar-refractivity contribution in [2.45, 2.75) is 6.54 Å². The van der Waals surface area contributed by atoms with Gasteiger partial charge >= 0.3 is 0 Å². The Balaban J connectivity index is 1.65. The molecule has 1 aromatic heterocycles. The molecule has 0 saturated heterocycles. The molecule has 3 rings (SSSR count). The summed E-state index contributed by atoms with van der Waals surface area (Å²) in [5.74, 6) is -0.510. The second-order valence-corrected chi connectivity index (χ2v) is 6.28. The van der Waals surface area contributed by atoms with E-state index in [4.69, 9.17) is 5.11 Å². The van der Waals surface area contributed by atoms with E-state index in [0.29, 0.717) is 17.8 Å². The molecule has 0 saturated carbocycles. The van der Waals surface area contributed by atoms with E-state index < -0.39 is 6.61 Å². The van der Waals surface area contributed by atoms with E-state index in [-0.39, 0.29) is 11.8 Å². The molecule has 0 aliphatic heterocycles. The Kier molecular flexibility index (Phi) is 6.14. The van der Waals surface area contributed by atoms with Gasteiger partial charge < -0.3 is 15.3 Å². The van der Waals surface area contributed by atoms with Gasteiger partial charge in [0.05, 0.1) is 0 Å². The van der Waals surface area contributed by atoms with Gasteiger partial charge in [-0.25, -0.2) is 0 Å². The number of benzene rings is 2. The minimum atomic E-state index is -0.525. The monoisotopic (exact) mass is 375 g/mol. The second kappa shape index (κ2) is 8.92. The molecule has 3 aromatic rings. The molecule has 1 heterocycles. The fourth-order valence-corrected chi connectivity index (χ4v) is 2.73. The van der Waals surface area contributed by atoms with Crippen LogP contribution >= 0.6 is 0 Å². The smallest absolute Gasteiger partial charge is 0.252 e. The Morgan fingerprint density at radius 3 is 2.21 bits per heavy atom. The first-order chi connectivity index (χ1) is 13.6. The number of hydrogen-bond donors (Lipinski definition) is 2. The first-order valence-corrected chi connectivity index (χ1v) is 8.83. The predicted octanol–water partition coefficient (Wildman–Crippen LogP) is 2.63. The van der Waals surface area contributed by atoms with Crippen molar-refractivity contribution in [3.63, 3.8) is 0 Å². The summed E-state index contributed by atoms with van der Waals surface area (Å²) in [7, 11) is 1.62. The molecule has 0 radical (unpaired) electrons. The number of rotatable bonds is 6. The first kappa shape index (κ1) is 19.3. The number of carbonyl (C=O) groups is 2. The van der Waals surface area contributed by atoms with Crippen LogP contribution < -0.4 is 10.2 Å². The molecule has 0 unspecified atom stereocenters. The summed E-state index contributed by atoms with van der Waals surface area (Å²) < 4.78 is 0. The minimum absolute atomic E-state index is 0.144. The summed E-state index contributed by atoms with van der Waals surface area (Å²) in [6.45, 7) is -0.0987. The van der Waals surface area contributed by atoms with E-state index in [1.165, 1.54) is 4.90 Å². The average Bonchev–Trinajstić information content (AvgIpc) is 2.77. The van der Waals surface area contributed by atoms with Crippen LogP contribution in [0.1, 0.15) is 15.9 Å². The van der Waals surface area contributed by atoms with Crippen molar-refractivity contribution in [2.75, 3.05) is 18.6 Å². The number of aliphatic hydroxyl groups excluding tert-OH is 1. The Hall–Kier alpha value is -3.51. The molecule has 142 valence electrons. The fourth-order valence-electron chi connectivity index (χ4n) is 2.73. The van der Waals surface area contributed by atoms with Crippen LogP contribution in [0.2, 0.25) is 0 Å². The minimum Gasteiger partial charge on any atom is -0.387 e. The molecular formula is C22H21N3O3. The maximum atomic E-state index is 12.3. The highest BCUT2D eigenvalue weighted by Gasteiger charge is 2.10. The van der Waals surface area contributed by atoms with Crippen molar-refractivity contribution >= 4 is 17.5 Å². The number of anilines is 1. The third kappa shape index (κ3) is 4.61. The van der Waals surface area contributed by atoms with Crippen molar-refractivity contribution in [3.8, 4) is 11.1 Å². The van der Waals surface area contributed by atoms with Crippen molar-refractivity contribution in [1.29, 1.82) is 0 Å². The molecule has 0 atom stereocenters. The molecular weight excluding hydrogens is 354 g/mol. The van der Waals surface area contributed by atoms with Gasteiger partial charge in [0.25, 0.3) is 11.8 Å². The summed E-state index contributed by atoms with van der Waals surface area (Å²) in [6, 6.07) is 18.5. The number of hydrogen-bond acceptors (Lipinski definition) is 4. The van der Waals surface area contributed by atoms with Gasteiger partial charge in [-0.3, -0.25) is 14.6 Å². The van der Waals surface area contributed by atoms with Crippen LogP contribution in [0.5, 0.6) is 0 Å². The van der Waals surface area contributed by atoms with Gasteiger partial charge in [-0.05, 0) is 47.0 Å². The molecule has 0 aliphatic rings. The van der Waals surface area contributed by atoms with E-state index in [1.807, 2.05) is 48.5 Å².